The number of hydrogen-bond acceptors (Lipinski definition) is 5. The molecule has 0 bridgehead atoms. The number of likely N-dealkylation sites (N-methyl/N-ethyl adjacent to an activating group) is 1. The average Bonchev–Trinajstić information content (AvgIpc) is 2.93. The van der Waals surface area contributed by atoms with Gasteiger partial charge < -0.3 is 9.63 Å². The maximum atomic E-state index is 10.0. The van der Waals surface area contributed by atoms with Crippen molar-refractivity contribution in [1.29, 1.82) is 0 Å². The van der Waals surface area contributed by atoms with Crippen LogP contribution in [0.15, 0.2) is 28.8 Å². The first-order chi connectivity index (χ1) is 10.3. The largest absolute Gasteiger partial charge is 0.389 e. The molecular formula is C16H22ClN3O2. The molecule has 120 valence electrons. The topological polar surface area (TPSA) is 62.4 Å². The van der Waals surface area contributed by atoms with Crippen LogP contribution >= 0.6 is 11.6 Å². The van der Waals surface area contributed by atoms with E-state index in [1.165, 1.54) is 0 Å². The van der Waals surface area contributed by atoms with Gasteiger partial charge in [-0.2, -0.15) is 4.98 Å². The molecule has 6 heteroatoms. The summed E-state index contributed by atoms with van der Waals surface area (Å²) in [6, 6.07) is 7.24. The van der Waals surface area contributed by atoms with Crippen LogP contribution in [0.25, 0.3) is 11.4 Å². The number of aromatic nitrogens is 2. The maximum Gasteiger partial charge on any atom is 0.244 e. The van der Waals surface area contributed by atoms with Gasteiger partial charge in [-0.05, 0) is 51.6 Å². The third-order valence-corrected chi connectivity index (χ3v) is 3.70. The Bertz CT molecular complexity index is 605. The quantitative estimate of drug-likeness (QED) is 0.881. The number of hydrogen-bond donors (Lipinski definition) is 1. The van der Waals surface area contributed by atoms with E-state index in [4.69, 9.17) is 16.1 Å². The average molecular weight is 324 g/mol. The van der Waals surface area contributed by atoms with E-state index in [9.17, 15) is 5.11 Å². The van der Waals surface area contributed by atoms with Crippen LogP contribution < -0.4 is 0 Å². The number of nitrogens with zero attached hydrogens (tertiary/aromatic N) is 3. The second-order valence-electron chi connectivity index (χ2n) is 6.01. The molecule has 2 rings (SSSR count). The standard InChI is InChI=1S/C16H22ClN3O2/c1-5-20(10-16(3,4)21)11(2)15-18-14(19-22-15)12-6-8-13(17)9-7-12/h6-9,11,21H,5,10H2,1-4H3. The molecule has 0 radical (unpaired) electrons. The molecule has 0 aliphatic heterocycles. The molecule has 0 saturated carbocycles. The molecule has 0 saturated heterocycles. The maximum absolute atomic E-state index is 10.0. The molecule has 1 atom stereocenters. The Morgan fingerprint density at radius 3 is 2.50 bits per heavy atom. The van der Waals surface area contributed by atoms with Crippen LogP contribution in [-0.2, 0) is 0 Å². The summed E-state index contributed by atoms with van der Waals surface area (Å²) in [4.78, 5) is 6.56. The molecule has 1 aromatic carbocycles. The molecule has 1 heterocycles. The van der Waals surface area contributed by atoms with Crippen molar-refractivity contribution in [2.75, 3.05) is 13.1 Å². The lowest BCUT2D eigenvalue weighted by atomic mass is 10.1. The lowest BCUT2D eigenvalue weighted by molar-refractivity contribution is 0.0200. The van der Waals surface area contributed by atoms with Gasteiger partial charge in [0.05, 0.1) is 11.6 Å². The first-order valence-corrected chi connectivity index (χ1v) is 7.74. The van der Waals surface area contributed by atoms with Gasteiger partial charge in [-0.25, -0.2) is 0 Å². The van der Waals surface area contributed by atoms with E-state index in [0.29, 0.717) is 23.3 Å². The Kier molecular flexibility index (Phi) is 5.21. The van der Waals surface area contributed by atoms with Crippen LogP contribution in [0.4, 0.5) is 0 Å². The van der Waals surface area contributed by atoms with Crippen LogP contribution in [0.3, 0.4) is 0 Å². The van der Waals surface area contributed by atoms with Gasteiger partial charge in [0.2, 0.25) is 11.7 Å². The fourth-order valence-corrected chi connectivity index (χ4v) is 2.42. The van der Waals surface area contributed by atoms with E-state index in [1.54, 1.807) is 26.0 Å². The van der Waals surface area contributed by atoms with E-state index in [0.717, 1.165) is 12.1 Å². The second kappa shape index (κ2) is 6.77. The minimum atomic E-state index is -0.775. The zero-order valence-corrected chi connectivity index (χ0v) is 14.1. The first-order valence-electron chi connectivity index (χ1n) is 7.36. The number of aliphatic hydroxyl groups is 1. The first kappa shape index (κ1) is 16.9. The van der Waals surface area contributed by atoms with Gasteiger partial charge in [0.25, 0.3) is 0 Å². The third-order valence-electron chi connectivity index (χ3n) is 3.45. The fraction of sp³-hybridized carbons (Fsp3) is 0.500. The Balaban J connectivity index is 2.17. The van der Waals surface area contributed by atoms with Crippen molar-refractivity contribution in [2.24, 2.45) is 0 Å². The van der Waals surface area contributed by atoms with Gasteiger partial charge in [-0.3, -0.25) is 4.90 Å². The van der Waals surface area contributed by atoms with Crippen LogP contribution in [0.2, 0.25) is 5.02 Å². The van der Waals surface area contributed by atoms with E-state index < -0.39 is 5.60 Å². The molecular weight excluding hydrogens is 302 g/mol. The summed E-state index contributed by atoms with van der Waals surface area (Å²) in [6.07, 6.45) is 0. The van der Waals surface area contributed by atoms with Crippen LogP contribution in [0.5, 0.6) is 0 Å². The predicted octanol–water partition coefficient (Wildman–Crippen LogP) is 3.54. The monoisotopic (exact) mass is 323 g/mol. The predicted molar refractivity (Wildman–Crippen MR) is 86.7 cm³/mol. The molecule has 0 fully saturated rings. The molecule has 5 nitrogen and oxygen atoms in total. The summed E-state index contributed by atoms with van der Waals surface area (Å²) >= 11 is 5.88. The van der Waals surface area contributed by atoms with Gasteiger partial charge in [0, 0.05) is 17.1 Å². The highest BCUT2D eigenvalue weighted by molar-refractivity contribution is 6.30. The van der Waals surface area contributed by atoms with Crippen LogP contribution in [-0.4, -0.2) is 38.8 Å². The van der Waals surface area contributed by atoms with Crippen molar-refractivity contribution in [1.82, 2.24) is 15.0 Å². The lowest BCUT2D eigenvalue weighted by Gasteiger charge is -2.30. The Hall–Kier alpha value is -1.43. The SMILES string of the molecule is CCN(CC(C)(C)O)C(C)c1nc(-c2ccc(Cl)cc2)no1. The lowest BCUT2D eigenvalue weighted by Crippen LogP contribution is -2.40. The van der Waals surface area contributed by atoms with Crippen molar-refractivity contribution < 1.29 is 9.63 Å². The van der Waals surface area contributed by atoms with Crippen LogP contribution in [0.1, 0.15) is 39.6 Å². The van der Waals surface area contributed by atoms with E-state index in [1.807, 2.05) is 26.0 Å². The van der Waals surface area contributed by atoms with Gasteiger partial charge in [0.15, 0.2) is 0 Å². The zero-order valence-electron chi connectivity index (χ0n) is 13.4. The van der Waals surface area contributed by atoms with Crippen molar-refractivity contribution in [3.05, 3.63) is 35.2 Å². The summed E-state index contributed by atoms with van der Waals surface area (Å²) in [5.41, 5.74) is 0.0840. The summed E-state index contributed by atoms with van der Waals surface area (Å²) in [7, 11) is 0. The smallest absolute Gasteiger partial charge is 0.244 e. The van der Waals surface area contributed by atoms with Crippen molar-refractivity contribution in [3.8, 4) is 11.4 Å². The number of benzene rings is 1. The van der Waals surface area contributed by atoms with E-state index >= 15 is 0 Å². The van der Waals surface area contributed by atoms with Crippen molar-refractivity contribution >= 4 is 11.6 Å². The highest BCUT2D eigenvalue weighted by Gasteiger charge is 2.25. The molecule has 0 amide bonds. The number of halogens is 1. The van der Waals surface area contributed by atoms with E-state index in [-0.39, 0.29) is 6.04 Å². The molecule has 1 aromatic heterocycles. The van der Waals surface area contributed by atoms with Gasteiger partial charge in [-0.1, -0.05) is 23.7 Å². The highest BCUT2D eigenvalue weighted by Crippen LogP contribution is 2.24. The molecule has 22 heavy (non-hydrogen) atoms. The summed E-state index contributed by atoms with van der Waals surface area (Å²) in [6.45, 7) is 8.92. The van der Waals surface area contributed by atoms with Gasteiger partial charge in [0.1, 0.15) is 0 Å². The van der Waals surface area contributed by atoms with Crippen molar-refractivity contribution in [2.45, 2.75) is 39.3 Å². The summed E-state index contributed by atoms with van der Waals surface area (Å²) in [5, 5.41) is 14.7. The fourth-order valence-electron chi connectivity index (χ4n) is 2.30. The Morgan fingerprint density at radius 1 is 1.32 bits per heavy atom. The van der Waals surface area contributed by atoms with Gasteiger partial charge >= 0.3 is 0 Å². The molecule has 0 aliphatic carbocycles. The minimum absolute atomic E-state index is 0.0648. The molecule has 1 unspecified atom stereocenters. The normalized spacial score (nSPS) is 13.6. The summed E-state index contributed by atoms with van der Waals surface area (Å²) in [5.74, 6) is 1.08. The third kappa shape index (κ3) is 4.29. The number of rotatable bonds is 6. The molecule has 0 spiro atoms. The second-order valence-corrected chi connectivity index (χ2v) is 6.45. The van der Waals surface area contributed by atoms with E-state index in [2.05, 4.69) is 15.0 Å². The Morgan fingerprint density at radius 2 is 1.95 bits per heavy atom. The minimum Gasteiger partial charge on any atom is -0.389 e. The molecule has 0 aliphatic rings. The molecule has 1 N–H and O–H groups in total. The zero-order chi connectivity index (χ0) is 16.3. The van der Waals surface area contributed by atoms with Crippen LogP contribution in [0, 0.1) is 0 Å². The van der Waals surface area contributed by atoms with Crippen molar-refractivity contribution in [3.63, 3.8) is 0 Å². The highest BCUT2D eigenvalue weighted by atomic mass is 35.5. The summed E-state index contributed by atoms with van der Waals surface area (Å²) < 4.78 is 5.39. The van der Waals surface area contributed by atoms with Gasteiger partial charge in [-0.15, -0.1) is 0 Å². The Labute approximate surface area is 135 Å². The molecule has 2 aromatic rings.